The molecule has 1 aliphatic heterocycles. The van der Waals surface area contributed by atoms with Crippen molar-refractivity contribution < 1.29 is 9.59 Å². The number of fused-ring (bicyclic) bond motifs is 1. The Labute approximate surface area is 175 Å². The van der Waals surface area contributed by atoms with Crippen LogP contribution in [0.3, 0.4) is 0 Å². The van der Waals surface area contributed by atoms with Crippen molar-refractivity contribution in [3.8, 4) is 0 Å². The molecule has 3 aromatic rings. The van der Waals surface area contributed by atoms with Crippen LogP contribution in [-0.2, 0) is 11.2 Å². The van der Waals surface area contributed by atoms with E-state index in [0.717, 1.165) is 16.9 Å². The maximum Gasteiger partial charge on any atom is 0.254 e. The average molecular weight is 405 g/mol. The minimum absolute atomic E-state index is 0.0392. The molecule has 29 heavy (non-hydrogen) atoms. The molecule has 0 saturated heterocycles. The molecule has 1 aromatic heterocycles. The van der Waals surface area contributed by atoms with Crippen molar-refractivity contribution >= 4 is 23.2 Å². The second-order valence-electron chi connectivity index (χ2n) is 7.47. The lowest BCUT2D eigenvalue weighted by atomic mass is 9.81. The Hall–Kier alpha value is -2.92. The van der Waals surface area contributed by atoms with Gasteiger partial charge in [0.2, 0.25) is 5.91 Å². The Bertz CT molecular complexity index is 1010. The van der Waals surface area contributed by atoms with Gasteiger partial charge in [-0.15, -0.1) is 11.3 Å². The van der Waals surface area contributed by atoms with Gasteiger partial charge in [-0.25, -0.2) is 0 Å². The van der Waals surface area contributed by atoms with E-state index in [9.17, 15) is 9.59 Å². The summed E-state index contributed by atoms with van der Waals surface area (Å²) in [5.41, 5.74) is 3.84. The van der Waals surface area contributed by atoms with E-state index in [1.165, 1.54) is 11.1 Å². The second kappa shape index (κ2) is 8.21. The fraction of sp³-hybridized carbons (Fsp3) is 0.250. The first-order valence-electron chi connectivity index (χ1n) is 9.79. The Kier molecular flexibility index (Phi) is 5.49. The first-order chi connectivity index (χ1) is 14.1. The topological polar surface area (TPSA) is 49.4 Å². The van der Waals surface area contributed by atoms with Crippen molar-refractivity contribution in [2.45, 2.75) is 25.3 Å². The number of amides is 2. The van der Waals surface area contributed by atoms with Gasteiger partial charge in [-0.3, -0.25) is 9.59 Å². The third-order valence-corrected chi connectivity index (χ3v) is 6.47. The van der Waals surface area contributed by atoms with E-state index in [0.29, 0.717) is 12.1 Å². The van der Waals surface area contributed by atoms with E-state index in [-0.39, 0.29) is 17.9 Å². The molecule has 0 saturated carbocycles. The van der Waals surface area contributed by atoms with Crippen molar-refractivity contribution in [2.24, 2.45) is 0 Å². The van der Waals surface area contributed by atoms with E-state index >= 15 is 0 Å². The summed E-state index contributed by atoms with van der Waals surface area (Å²) >= 11 is 1.58. The van der Waals surface area contributed by atoms with Crippen LogP contribution in [0.5, 0.6) is 0 Å². The van der Waals surface area contributed by atoms with Gasteiger partial charge in [-0.2, -0.15) is 0 Å². The number of hydrogen-bond donors (Lipinski definition) is 1. The molecule has 4 rings (SSSR count). The van der Waals surface area contributed by atoms with Gasteiger partial charge >= 0.3 is 0 Å². The normalized spacial score (nSPS) is 18.4. The van der Waals surface area contributed by atoms with Gasteiger partial charge in [0.05, 0.1) is 12.0 Å². The Balaban J connectivity index is 1.59. The zero-order chi connectivity index (χ0) is 20.4. The quantitative estimate of drug-likeness (QED) is 0.688. The number of nitrogens with zero attached hydrogens (tertiary/aromatic N) is 1. The summed E-state index contributed by atoms with van der Waals surface area (Å²) in [6, 6.07) is 19.5. The van der Waals surface area contributed by atoms with Gasteiger partial charge in [0.15, 0.2) is 0 Å². The lowest BCUT2D eigenvalue weighted by Crippen LogP contribution is -2.45. The van der Waals surface area contributed by atoms with Crippen LogP contribution in [0.1, 0.15) is 43.9 Å². The summed E-state index contributed by atoms with van der Waals surface area (Å²) in [5.74, 6) is -0.504. The zero-order valence-corrected chi connectivity index (χ0v) is 17.4. The highest BCUT2D eigenvalue weighted by molar-refractivity contribution is 7.10. The van der Waals surface area contributed by atoms with Crippen LogP contribution in [0.2, 0.25) is 0 Å². The molecule has 0 bridgehead atoms. The van der Waals surface area contributed by atoms with Crippen molar-refractivity contribution in [1.82, 2.24) is 10.2 Å². The summed E-state index contributed by atoms with van der Waals surface area (Å²) in [6.45, 7) is 2.63. The van der Waals surface area contributed by atoms with Crippen molar-refractivity contribution in [2.75, 3.05) is 13.6 Å². The van der Waals surface area contributed by atoms with Crippen LogP contribution >= 0.6 is 11.3 Å². The van der Waals surface area contributed by atoms with E-state index in [4.69, 9.17) is 0 Å². The van der Waals surface area contributed by atoms with E-state index < -0.39 is 5.92 Å². The lowest BCUT2D eigenvalue weighted by Gasteiger charge is -2.39. The Morgan fingerprint density at radius 1 is 1.07 bits per heavy atom. The maximum absolute atomic E-state index is 13.3. The zero-order valence-electron chi connectivity index (χ0n) is 16.6. The summed E-state index contributed by atoms with van der Waals surface area (Å²) in [7, 11) is 1.79. The van der Waals surface area contributed by atoms with E-state index in [1.807, 2.05) is 41.8 Å². The highest BCUT2D eigenvalue weighted by Crippen LogP contribution is 2.43. The highest BCUT2D eigenvalue weighted by atomic mass is 32.1. The van der Waals surface area contributed by atoms with Crippen molar-refractivity contribution in [3.05, 3.63) is 93.2 Å². The van der Waals surface area contributed by atoms with Gasteiger partial charge in [0, 0.05) is 24.0 Å². The molecule has 1 N–H and O–H groups in total. The fourth-order valence-corrected chi connectivity index (χ4v) is 4.87. The number of hydrogen-bond acceptors (Lipinski definition) is 3. The minimum Gasteiger partial charge on any atom is -0.355 e. The molecule has 4 nitrogen and oxygen atoms in total. The smallest absolute Gasteiger partial charge is 0.254 e. The number of thiophene rings is 1. The van der Waals surface area contributed by atoms with Gasteiger partial charge in [-0.05, 0) is 42.0 Å². The highest BCUT2D eigenvalue weighted by Gasteiger charge is 2.42. The minimum atomic E-state index is -0.425. The van der Waals surface area contributed by atoms with Gasteiger partial charge in [-0.1, -0.05) is 54.1 Å². The standard InChI is InChI=1S/C24H24N2O2S/c1-16-9-11-17(12-10-16)13-14-25-23(27)21-18-6-3-4-7-19(18)24(28)26(2)22(21)20-8-5-15-29-20/h3-12,15,21-22H,13-14H2,1-2H3,(H,25,27)/t21-,22+/m1/s1. The van der Waals surface area contributed by atoms with Crippen LogP contribution < -0.4 is 5.32 Å². The molecule has 2 heterocycles. The first-order valence-corrected chi connectivity index (χ1v) is 10.7. The Morgan fingerprint density at radius 3 is 2.55 bits per heavy atom. The predicted octanol–water partition coefficient (Wildman–Crippen LogP) is 4.33. The van der Waals surface area contributed by atoms with Crippen molar-refractivity contribution in [3.63, 3.8) is 0 Å². The number of carbonyl (C=O) groups excluding carboxylic acids is 2. The summed E-state index contributed by atoms with van der Waals surface area (Å²) < 4.78 is 0. The molecule has 2 amide bonds. The number of likely N-dealkylation sites (N-methyl/N-ethyl adjacent to an activating group) is 1. The van der Waals surface area contributed by atoms with Crippen LogP contribution in [-0.4, -0.2) is 30.3 Å². The summed E-state index contributed by atoms with van der Waals surface area (Å²) in [6.07, 6.45) is 0.777. The molecule has 0 aliphatic carbocycles. The summed E-state index contributed by atoms with van der Waals surface area (Å²) in [4.78, 5) is 29.0. The van der Waals surface area contributed by atoms with E-state index in [2.05, 4.69) is 36.5 Å². The predicted molar refractivity (Wildman–Crippen MR) is 116 cm³/mol. The number of rotatable bonds is 5. The summed E-state index contributed by atoms with van der Waals surface area (Å²) in [5, 5.41) is 5.10. The van der Waals surface area contributed by atoms with Gasteiger partial charge in [0.25, 0.3) is 5.91 Å². The number of benzene rings is 2. The van der Waals surface area contributed by atoms with Crippen LogP contribution in [0.15, 0.2) is 66.0 Å². The largest absolute Gasteiger partial charge is 0.355 e. The molecular formula is C24H24N2O2S. The van der Waals surface area contributed by atoms with Crippen LogP contribution in [0.25, 0.3) is 0 Å². The number of nitrogens with one attached hydrogen (secondary N) is 1. The third kappa shape index (κ3) is 3.83. The molecule has 2 atom stereocenters. The molecule has 0 spiro atoms. The SMILES string of the molecule is Cc1ccc(CCNC(=O)[C@@H]2c3ccccc3C(=O)N(C)[C@H]2c2cccs2)cc1. The van der Waals surface area contributed by atoms with Crippen molar-refractivity contribution in [1.29, 1.82) is 0 Å². The molecule has 5 heteroatoms. The second-order valence-corrected chi connectivity index (χ2v) is 8.45. The van der Waals surface area contributed by atoms with Gasteiger partial charge in [0.1, 0.15) is 0 Å². The van der Waals surface area contributed by atoms with Gasteiger partial charge < -0.3 is 10.2 Å². The number of carbonyl (C=O) groups is 2. The molecule has 0 unspecified atom stereocenters. The lowest BCUT2D eigenvalue weighted by molar-refractivity contribution is -0.124. The Morgan fingerprint density at radius 2 is 1.83 bits per heavy atom. The monoisotopic (exact) mass is 404 g/mol. The fourth-order valence-electron chi connectivity index (χ4n) is 3.97. The molecule has 1 aliphatic rings. The third-order valence-electron chi connectivity index (χ3n) is 5.53. The molecular weight excluding hydrogens is 380 g/mol. The number of aryl methyl sites for hydroxylation is 1. The molecule has 0 fully saturated rings. The molecule has 2 aromatic carbocycles. The van der Waals surface area contributed by atoms with Crippen LogP contribution in [0.4, 0.5) is 0 Å². The first kappa shape index (κ1) is 19.4. The molecule has 148 valence electrons. The average Bonchev–Trinajstić information content (AvgIpc) is 3.26. The van der Waals surface area contributed by atoms with Crippen LogP contribution in [0, 0.1) is 6.92 Å². The van der Waals surface area contributed by atoms with E-state index in [1.54, 1.807) is 23.3 Å². The maximum atomic E-state index is 13.3. The molecule has 0 radical (unpaired) electrons.